The van der Waals surface area contributed by atoms with Crippen molar-refractivity contribution in [2.75, 3.05) is 211 Å². The van der Waals surface area contributed by atoms with Crippen molar-refractivity contribution in [1.29, 1.82) is 0 Å². The Hall–Kier alpha value is -3.12. The number of rotatable bonds is 70. The van der Waals surface area contributed by atoms with Crippen LogP contribution < -0.4 is 31.9 Å². The van der Waals surface area contributed by atoms with Gasteiger partial charge in [-0.2, -0.15) is 0 Å². The SMILES string of the molecule is O=C(CCCCCO)NCCOCCNC[C@H](O)[C@@H](O)[C@@H](O)[C@@H](O)CO.O=C(CCCCCO)NCCOCCOCC(COCCOCCNC[C@H](O)[C@@H](O)[C@@H](O)[C@@H](O)CO)(COCCOCCNC(=O)CCCCCO)COCCOCCNC(=O)CCCCCO. The topological polar surface area (TPSA) is 507 Å². The molecule has 560 valence electrons. The van der Waals surface area contributed by atoms with Crippen LogP contribution in [0.3, 0.4) is 0 Å². The van der Waals surface area contributed by atoms with Crippen molar-refractivity contribution in [3.05, 3.63) is 0 Å². The Morgan fingerprint density at radius 3 is 0.745 bits per heavy atom. The van der Waals surface area contributed by atoms with Gasteiger partial charge in [0, 0.05) is 104 Å². The highest BCUT2D eigenvalue weighted by molar-refractivity contribution is 5.76. The average Bonchev–Trinajstić information content (AvgIpc) is 1.12. The molecule has 33 nitrogen and oxygen atoms in total. The van der Waals surface area contributed by atoms with E-state index in [-0.39, 0.29) is 149 Å². The molecular weight excluding hydrogens is 1250 g/mol. The Labute approximate surface area is 555 Å². The normalized spacial score (nSPS) is 14.3. The fourth-order valence-corrected chi connectivity index (χ4v) is 8.24. The van der Waals surface area contributed by atoms with E-state index in [4.69, 9.17) is 73.3 Å². The lowest BCUT2D eigenvalue weighted by atomic mass is 9.92. The van der Waals surface area contributed by atoms with Crippen LogP contribution in [0.5, 0.6) is 0 Å². The molecule has 0 aromatic heterocycles. The van der Waals surface area contributed by atoms with Crippen LogP contribution in [0.15, 0.2) is 0 Å². The molecule has 0 rings (SSSR count). The number of nitrogens with one attached hydrogen (secondary N) is 6. The van der Waals surface area contributed by atoms with Crippen molar-refractivity contribution < 1.29 is 133 Å². The summed E-state index contributed by atoms with van der Waals surface area (Å²) in [6, 6.07) is 0. The first-order chi connectivity index (χ1) is 45.5. The molecule has 0 aromatic rings. The van der Waals surface area contributed by atoms with Gasteiger partial charge >= 0.3 is 0 Å². The lowest BCUT2D eigenvalue weighted by molar-refractivity contribution is -0.123. The Kier molecular flexibility index (Phi) is 67.6. The summed E-state index contributed by atoms with van der Waals surface area (Å²) in [5.74, 6) is -0.267. The molecule has 0 unspecified atom stereocenters. The number of aliphatic hydroxyl groups excluding tert-OH is 14. The number of amides is 4. The van der Waals surface area contributed by atoms with Crippen molar-refractivity contribution in [1.82, 2.24) is 31.9 Å². The van der Waals surface area contributed by atoms with Crippen molar-refractivity contribution in [3.8, 4) is 0 Å². The molecule has 0 saturated heterocycles. The van der Waals surface area contributed by atoms with Crippen LogP contribution in [0.1, 0.15) is 103 Å². The van der Waals surface area contributed by atoms with Gasteiger partial charge in [-0.1, -0.05) is 25.7 Å². The third kappa shape index (κ3) is 57.9. The predicted octanol–water partition coefficient (Wildman–Crippen LogP) is -6.16. The predicted molar refractivity (Wildman–Crippen MR) is 342 cm³/mol. The number of carbonyl (C=O) groups is 4. The molecule has 94 heavy (non-hydrogen) atoms. The summed E-state index contributed by atoms with van der Waals surface area (Å²) in [5.41, 5.74) is -0.815. The zero-order valence-corrected chi connectivity index (χ0v) is 55.6. The lowest BCUT2D eigenvalue weighted by Gasteiger charge is -2.33. The van der Waals surface area contributed by atoms with E-state index in [1.165, 1.54) is 0 Å². The summed E-state index contributed by atoms with van der Waals surface area (Å²) in [4.78, 5) is 47.5. The first-order valence-electron chi connectivity index (χ1n) is 33.3. The Morgan fingerprint density at radius 2 is 0.500 bits per heavy atom. The highest BCUT2D eigenvalue weighted by Gasteiger charge is 2.34. The molecule has 20 N–H and O–H groups in total. The van der Waals surface area contributed by atoms with Crippen molar-refractivity contribution >= 4 is 23.6 Å². The van der Waals surface area contributed by atoms with Gasteiger partial charge in [0.15, 0.2) is 0 Å². The third-order valence-electron chi connectivity index (χ3n) is 13.8. The maximum Gasteiger partial charge on any atom is 0.220 e. The molecular formula is C61H124N6O27. The van der Waals surface area contributed by atoms with Gasteiger partial charge in [0.1, 0.15) is 36.6 Å². The monoisotopic (exact) mass is 1370 g/mol. The highest BCUT2D eigenvalue weighted by atomic mass is 16.6. The van der Waals surface area contributed by atoms with Crippen LogP contribution in [0, 0.1) is 5.41 Å². The van der Waals surface area contributed by atoms with Crippen LogP contribution in [-0.2, 0) is 61.8 Å². The van der Waals surface area contributed by atoms with Gasteiger partial charge in [-0.25, -0.2) is 0 Å². The van der Waals surface area contributed by atoms with E-state index in [0.717, 1.165) is 32.1 Å². The second kappa shape index (κ2) is 68.4. The average molecular weight is 1370 g/mol. The summed E-state index contributed by atoms with van der Waals surface area (Å²) < 4.78 is 52.3. The van der Waals surface area contributed by atoms with Crippen LogP contribution in [-0.4, -0.2) is 355 Å². The molecule has 0 bridgehead atoms. The van der Waals surface area contributed by atoms with Gasteiger partial charge in [0.2, 0.25) is 23.6 Å². The molecule has 0 saturated carbocycles. The first-order valence-corrected chi connectivity index (χ1v) is 33.3. The van der Waals surface area contributed by atoms with E-state index in [9.17, 15) is 60.0 Å². The van der Waals surface area contributed by atoms with Gasteiger partial charge in [-0.05, 0) is 51.4 Å². The van der Waals surface area contributed by atoms with E-state index >= 15 is 0 Å². The summed E-state index contributed by atoms with van der Waals surface area (Å²) in [7, 11) is 0. The number of unbranched alkanes of at least 4 members (excludes halogenated alkanes) is 8. The molecule has 0 heterocycles. The smallest absolute Gasteiger partial charge is 0.220 e. The highest BCUT2D eigenvalue weighted by Crippen LogP contribution is 2.21. The second-order valence-corrected chi connectivity index (χ2v) is 22.3. The molecule has 0 radical (unpaired) electrons. The molecule has 0 aliphatic heterocycles. The Balaban J connectivity index is 0. The lowest BCUT2D eigenvalue weighted by Crippen LogP contribution is -2.49. The minimum Gasteiger partial charge on any atom is -0.396 e. The van der Waals surface area contributed by atoms with Crippen LogP contribution in [0.2, 0.25) is 0 Å². The first kappa shape index (κ1) is 92.9. The van der Waals surface area contributed by atoms with Crippen molar-refractivity contribution in [2.45, 2.75) is 152 Å². The molecule has 0 fully saturated rings. The maximum absolute atomic E-state index is 12.0. The largest absolute Gasteiger partial charge is 0.396 e. The summed E-state index contributed by atoms with van der Waals surface area (Å²) >= 11 is 0. The molecule has 0 aromatic carbocycles. The summed E-state index contributed by atoms with van der Waals surface area (Å²) in [6.45, 7) is 5.23. The van der Waals surface area contributed by atoms with Gasteiger partial charge in [0.25, 0.3) is 0 Å². The van der Waals surface area contributed by atoms with Crippen molar-refractivity contribution in [2.24, 2.45) is 5.41 Å². The van der Waals surface area contributed by atoms with Crippen LogP contribution >= 0.6 is 0 Å². The molecule has 0 spiro atoms. The van der Waals surface area contributed by atoms with Crippen LogP contribution in [0.25, 0.3) is 0 Å². The van der Waals surface area contributed by atoms with Gasteiger partial charge < -0.3 is 146 Å². The number of hydrogen-bond acceptors (Lipinski definition) is 29. The van der Waals surface area contributed by atoms with Crippen LogP contribution in [0.4, 0.5) is 0 Å². The zero-order valence-electron chi connectivity index (χ0n) is 55.6. The number of ether oxygens (including phenoxy) is 9. The van der Waals surface area contributed by atoms with Gasteiger partial charge in [-0.15, -0.1) is 0 Å². The third-order valence-corrected chi connectivity index (χ3v) is 13.8. The molecule has 4 amide bonds. The standard InChI is InChI=1S/C45H90N4O19.C16H34N2O8/c50-17-7-1-4-10-40(56)47-14-21-62-25-29-66-35-45(36-67-30-26-63-22-15-48-41(57)11-5-2-8-18-51,37-68-31-27-64-23-16-49-42(58)12-6-3-9-19-52)34-65-28-24-61-20-13-46-32-38(54)43(59)44(60)39(55)33-53;19-7-3-1-2-4-14(23)18-6-9-26-8-5-17-10-12(21)15(24)16(25)13(22)11-20/h38-39,43-44,46,50-55,59-60H,1-37H2,(H,47,56)(H,48,57)(H,49,58);12-13,15-17,19-22,24-25H,1-11H2,(H,18,23)/t38-,39-,43+,44-;12-,13-,15+,16-/m00/s1. The number of hydrogen-bond donors (Lipinski definition) is 20. The molecule has 0 aliphatic carbocycles. The van der Waals surface area contributed by atoms with E-state index in [1.807, 2.05) is 0 Å². The Bertz CT molecular complexity index is 1600. The van der Waals surface area contributed by atoms with E-state index < -0.39 is 67.5 Å². The van der Waals surface area contributed by atoms with E-state index in [1.54, 1.807) is 0 Å². The fraction of sp³-hybridized carbons (Fsp3) is 0.934. The second-order valence-electron chi connectivity index (χ2n) is 22.3. The molecule has 33 heteroatoms. The Morgan fingerprint density at radius 1 is 0.277 bits per heavy atom. The quantitative estimate of drug-likeness (QED) is 0.0252. The van der Waals surface area contributed by atoms with E-state index in [0.29, 0.717) is 143 Å². The summed E-state index contributed by atoms with van der Waals surface area (Å²) in [5, 5.41) is 147. The fourth-order valence-electron chi connectivity index (χ4n) is 8.24. The molecule has 0 aliphatic rings. The maximum atomic E-state index is 12.0. The number of aliphatic hydroxyl groups is 14. The minimum absolute atomic E-state index is 0.0235. The van der Waals surface area contributed by atoms with Gasteiger partial charge in [-0.3, -0.25) is 19.2 Å². The summed E-state index contributed by atoms with van der Waals surface area (Å²) in [6.07, 6.45) is -2.08. The number of carbonyl (C=O) groups excluding carboxylic acids is 4. The van der Waals surface area contributed by atoms with E-state index in [2.05, 4.69) is 31.9 Å². The van der Waals surface area contributed by atoms with Crippen molar-refractivity contribution in [3.63, 3.8) is 0 Å². The van der Waals surface area contributed by atoms with Gasteiger partial charge in [0.05, 0.1) is 150 Å². The molecule has 8 atom stereocenters. The minimum atomic E-state index is -1.72. The zero-order chi connectivity index (χ0) is 70.0.